The van der Waals surface area contributed by atoms with Crippen molar-refractivity contribution < 1.29 is 5.11 Å². The van der Waals surface area contributed by atoms with Crippen molar-refractivity contribution >= 4 is 17.6 Å². The third-order valence-corrected chi connectivity index (χ3v) is 3.10. The molecule has 15 heavy (non-hydrogen) atoms. The first-order valence-corrected chi connectivity index (χ1v) is 6.11. The lowest BCUT2D eigenvalue weighted by molar-refractivity contribution is 0.296. The zero-order chi connectivity index (χ0) is 11.1. The van der Waals surface area contributed by atoms with Gasteiger partial charge in [-0.25, -0.2) is 9.97 Å². The normalized spacial score (nSPS) is 10.5. The van der Waals surface area contributed by atoms with Crippen LogP contribution in [0.2, 0.25) is 0 Å². The fourth-order valence-corrected chi connectivity index (χ4v) is 2.22. The molecule has 0 fully saturated rings. The van der Waals surface area contributed by atoms with Gasteiger partial charge < -0.3 is 10.8 Å². The minimum atomic E-state index is 0.219. The molecule has 0 atom stereocenters. The van der Waals surface area contributed by atoms with Gasteiger partial charge in [0.15, 0.2) is 0 Å². The van der Waals surface area contributed by atoms with Gasteiger partial charge >= 0.3 is 0 Å². The first-order valence-electron chi connectivity index (χ1n) is 5.12. The SMILES string of the molecule is CCCc1c(N)ncnc1SCCCO. The Labute approximate surface area is 94.3 Å². The Balaban J connectivity index is 2.71. The van der Waals surface area contributed by atoms with Crippen LogP contribution in [-0.2, 0) is 6.42 Å². The standard InChI is InChI=1S/C10H17N3OS/c1-2-4-8-9(11)12-7-13-10(8)15-6-3-5-14/h7,14H,2-6H2,1H3,(H2,11,12,13). The molecule has 84 valence electrons. The second kappa shape index (κ2) is 6.63. The van der Waals surface area contributed by atoms with E-state index in [0.717, 1.165) is 35.6 Å². The highest BCUT2D eigenvalue weighted by Crippen LogP contribution is 2.24. The van der Waals surface area contributed by atoms with Crippen LogP contribution in [0.25, 0.3) is 0 Å². The molecule has 1 heterocycles. The van der Waals surface area contributed by atoms with Crippen molar-refractivity contribution in [2.24, 2.45) is 0 Å². The molecule has 1 rings (SSSR count). The summed E-state index contributed by atoms with van der Waals surface area (Å²) in [7, 11) is 0. The Bertz CT molecular complexity index is 307. The maximum Gasteiger partial charge on any atom is 0.131 e. The Hall–Kier alpha value is -0.810. The third kappa shape index (κ3) is 3.68. The molecule has 0 radical (unpaired) electrons. The van der Waals surface area contributed by atoms with Gasteiger partial charge in [0.25, 0.3) is 0 Å². The Morgan fingerprint density at radius 2 is 2.27 bits per heavy atom. The quantitative estimate of drug-likeness (QED) is 0.437. The molecule has 3 N–H and O–H groups in total. The van der Waals surface area contributed by atoms with Crippen molar-refractivity contribution in [2.75, 3.05) is 18.1 Å². The molecule has 0 spiro atoms. The van der Waals surface area contributed by atoms with Crippen molar-refractivity contribution in [1.29, 1.82) is 0 Å². The van der Waals surface area contributed by atoms with Crippen LogP contribution < -0.4 is 5.73 Å². The predicted molar refractivity (Wildman–Crippen MR) is 62.9 cm³/mol. The lowest BCUT2D eigenvalue weighted by atomic mass is 10.2. The van der Waals surface area contributed by atoms with Crippen LogP contribution in [0.5, 0.6) is 0 Å². The Morgan fingerprint density at radius 3 is 2.93 bits per heavy atom. The van der Waals surface area contributed by atoms with Crippen LogP contribution >= 0.6 is 11.8 Å². The lowest BCUT2D eigenvalue weighted by Gasteiger charge is -2.08. The number of nitrogen functional groups attached to an aromatic ring is 1. The van der Waals surface area contributed by atoms with Crippen LogP contribution in [0.15, 0.2) is 11.4 Å². The van der Waals surface area contributed by atoms with Crippen LogP contribution in [0.1, 0.15) is 25.3 Å². The van der Waals surface area contributed by atoms with Gasteiger partial charge in [-0.3, -0.25) is 0 Å². The van der Waals surface area contributed by atoms with Gasteiger partial charge in [0.2, 0.25) is 0 Å². The summed E-state index contributed by atoms with van der Waals surface area (Å²) in [5.74, 6) is 1.45. The average Bonchev–Trinajstić information content (AvgIpc) is 2.23. The summed E-state index contributed by atoms with van der Waals surface area (Å²) in [6.45, 7) is 2.32. The molecule has 0 saturated heterocycles. The summed E-state index contributed by atoms with van der Waals surface area (Å²) < 4.78 is 0. The number of aromatic nitrogens is 2. The van der Waals surface area contributed by atoms with Gasteiger partial charge in [-0.15, -0.1) is 11.8 Å². The number of aliphatic hydroxyl groups excluding tert-OH is 1. The van der Waals surface area contributed by atoms with Crippen LogP contribution in [0.4, 0.5) is 5.82 Å². The van der Waals surface area contributed by atoms with E-state index in [4.69, 9.17) is 10.8 Å². The molecule has 1 aromatic heterocycles. The van der Waals surface area contributed by atoms with Gasteiger partial charge in [-0.05, 0) is 12.8 Å². The second-order valence-electron chi connectivity index (χ2n) is 3.22. The number of nitrogens with two attached hydrogens (primary N) is 1. The summed E-state index contributed by atoms with van der Waals surface area (Å²) in [6, 6.07) is 0. The first-order chi connectivity index (χ1) is 7.29. The topological polar surface area (TPSA) is 72.0 Å². The fourth-order valence-electron chi connectivity index (χ4n) is 1.25. The van der Waals surface area contributed by atoms with E-state index >= 15 is 0 Å². The lowest BCUT2D eigenvalue weighted by Crippen LogP contribution is -2.02. The molecule has 4 nitrogen and oxygen atoms in total. The number of hydrogen-bond donors (Lipinski definition) is 2. The molecule has 0 aromatic carbocycles. The van der Waals surface area contributed by atoms with Crippen LogP contribution in [-0.4, -0.2) is 27.4 Å². The molecular formula is C10H17N3OS. The molecular weight excluding hydrogens is 210 g/mol. The maximum absolute atomic E-state index is 8.70. The number of anilines is 1. The van der Waals surface area contributed by atoms with Crippen molar-refractivity contribution in [3.63, 3.8) is 0 Å². The molecule has 0 aliphatic rings. The first kappa shape index (κ1) is 12.3. The second-order valence-corrected chi connectivity index (χ2v) is 4.30. The highest BCUT2D eigenvalue weighted by Gasteiger charge is 2.08. The molecule has 0 aliphatic carbocycles. The van der Waals surface area contributed by atoms with Crippen LogP contribution in [0.3, 0.4) is 0 Å². The number of aliphatic hydroxyl groups is 1. The summed E-state index contributed by atoms with van der Waals surface area (Å²) >= 11 is 1.63. The van der Waals surface area contributed by atoms with E-state index in [0.29, 0.717) is 5.82 Å². The summed E-state index contributed by atoms with van der Waals surface area (Å²) in [4.78, 5) is 8.21. The smallest absolute Gasteiger partial charge is 0.131 e. The summed E-state index contributed by atoms with van der Waals surface area (Å²) in [5, 5.41) is 9.66. The summed E-state index contributed by atoms with van der Waals surface area (Å²) in [5.41, 5.74) is 6.84. The zero-order valence-corrected chi connectivity index (χ0v) is 9.76. The van der Waals surface area contributed by atoms with E-state index in [1.54, 1.807) is 11.8 Å². The van der Waals surface area contributed by atoms with Gasteiger partial charge in [0.05, 0.1) is 0 Å². The van der Waals surface area contributed by atoms with E-state index in [2.05, 4.69) is 16.9 Å². The highest BCUT2D eigenvalue weighted by atomic mass is 32.2. The molecule has 5 heteroatoms. The van der Waals surface area contributed by atoms with E-state index in [9.17, 15) is 0 Å². The highest BCUT2D eigenvalue weighted by molar-refractivity contribution is 7.99. The minimum absolute atomic E-state index is 0.219. The van der Waals surface area contributed by atoms with Gasteiger partial charge in [-0.2, -0.15) is 0 Å². The zero-order valence-electron chi connectivity index (χ0n) is 8.94. The molecule has 0 amide bonds. The van der Waals surface area contributed by atoms with E-state index in [-0.39, 0.29) is 6.61 Å². The van der Waals surface area contributed by atoms with Crippen LogP contribution in [0, 0.1) is 0 Å². The van der Waals surface area contributed by atoms with Gasteiger partial charge in [-0.1, -0.05) is 13.3 Å². The van der Waals surface area contributed by atoms with Crippen molar-refractivity contribution in [2.45, 2.75) is 31.2 Å². The number of thioether (sulfide) groups is 1. The maximum atomic E-state index is 8.70. The van der Waals surface area contributed by atoms with Crippen molar-refractivity contribution in [3.05, 3.63) is 11.9 Å². The number of rotatable bonds is 6. The van der Waals surface area contributed by atoms with E-state index < -0.39 is 0 Å². The Morgan fingerprint density at radius 1 is 1.47 bits per heavy atom. The van der Waals surface area contributed by atoms with Crippen molar-refractivity contribution in [1.82, 2.24) is 9.97 Å². The average molecular weight is 227 g/mol. The third-order valence-electron chi connectivity index (χ3n) is 1.98. The Kier molecular flexibility index (Phi) is 5.42. The van der Waals surface area contributed by atoms with Crippen molar-refractivity contribution in [3.8, 4) is 0 Å². The molecule has 0 aliphatic heterocycles. The molecule has 0 unspecified atom stereocenters. The molecule has 1 aromatic rings. The summed E-state index contributed by atoms with van der Waals surface area (Å²) in [6.07, 6.45) is 4.22. The molecule has 0 saturated carbocycles. The van der Waals surface area contributed by atoms with E-state index in [1.807, 2.05) is 0 Å². The monoisotopic (exact) mass is 227 g/mol. The minimum Gasteiger partial charge on any atom is -0.396 e. The van der Waals surface area contributed by atoms with Gasteiger partial charge in [0.1, 0.15) is 17.2 Å². The largest absolute Gasteiger partial charge is 0.396 e. The van der Waals surface area contributed by atoms with Gasteiger partial charge in [0, 0.05) is 17.9 Å². The number of hydrogen-bond acceptors (Lipinski definition) is 5. The van der Waals surface area contributed by atoms with E-state index in [1.165, 1.54) is 6.33 Å². The fraction of sp³-hybridized carbons (Fsp3) is 0.600. The molecule has 0 bridgehead atoms. The number of nitrogens with zero attached hydrogens (tertiary/aromatic N) is 2. The predicted octanol–water partition coefficient (Wildman–Crippen LogP) is 1.49.